The summed E-state index contributed by atoms with van der Waals surface area (Å²) in [4.78, 5) is 26.6. The Kier molecular flexibility index (Phi) is 6.39. The molecule has 2 aliphatic rings. The predicted molar refractivity (Wildman–Crippen MR) is 114 cm³/mol. The summed E-state index contributed by atoms with van der Waals surface area (Å²) in [6, 6.07) is 11.3. The van der Waals surface area contributed by atoms with Crippen molar-refractivity contribution in [3.05, 3.63) is 71.2 Å². The first-order valence-electron chi connectivity index (χ1n) is 10.2. The Morgan fingerprint density at radius 3 is 2.79 bits per heavy atom. The van der Waals surface area contributed by atoms with E-state index in [1.54, 1.807) is 18.0 Å². The topological polar surface area (TPSA) is 62.6 Å². The molecular weight excluding hydrogens is 384 g/mol. The number of carbonyl (C=O) groups excluding carboxylic acids is 2. The van der Waals surface area contributed by atoms with Gasteiger partial charge in [-0.05, 0) is 61.9 Å². The van der Waals surface area contributed by atoms with Crippen LogP contribution in [0, 0.1) is 0 Å². The van der Waals surface area contributed by atoms with Gasteiger partial charge in [0.1, 0.15) is 11.1 Å². The minimum absolute atomic E-state index is 0.0458. The van der Waals surface area contributed by atoms with Crippen molar-refractivity contribution < 1.29 is 14.0 Å². The summed E-state index contributed by atoms with van der Waals surface area (Å²) in [5, 5.41) is 2.97. The molecule has 2 aromatic rings. The minimum Gasteiger partial charge on any atom is -0.467 e. The van der Waals surface area contributed by atoms with Gasteiger partial charge in [-0.3, -0.25) is 9.59 Å². The molecule has 0 bridgehead atoms. The van der Waals surface area contributed by atoms with Crippen LogP contribution in [-0.2, 0) is 11.3 Å². The van der Waals surface area contributed by atoms with Gasteiger partial charge in [-0.2, -0.15) is 0 Å². The third-order valence-electron chi connectivity index (χ3n) is 5.45. The quantitative estimate of drug-likeness (QED) is 0.674. The van der Waals surface area contributed by atoms with Gasteiger partial charge in [0.05, 0.1) is 18.6 Å². The number of allylic oxidation sites excluding steroid dienone is 1. The van der Waals surface area contributed by atoms with Crippen LogP contribution in [0.2, 0.25) is 0 Å². The molecular formula is C23H26N2O3S. The predicted octanol–water partition coefficient (Wildman–Crippen LogP) is 4.67. The molecule has 1 N–H and O–H groups in total. The van der Waals surface area contributed by atoms with Gasteiger partial charge in [0.15, 0.2) is 0 Å². The summed E-state index contributed by atoms with van der Waals surface area (Å²) in [5.74, 6) is 1.30. The summed E-state index contributed by atoms with van der Waals surface area (Å²) < 4.78 is 5.40. The maximum atomic E-state index is 12.4. The lowest BCUT2D eigenvalue weighted by Gasteiger charge is -2.23. The molecule has 0 radical (unpaired) electrons. The number of carbonyl (C=O) groups is 2. The van der Waals surface area contributed by atoms with E-state index in [1.807, 2.05) is 41.3 Å². The number of furan rings is 1. The van der Waals surface area contributed by atoms with Crippen LogP contribution in [0.3, 0.4) is 0 Å². The minimum atomic E-state index is -0.0528. The molecule has 1 saturated heterocycles. The van der Waals surface area contributed by atoms with Gasteiger partial charge in [-0.15, -0.1) is 11.8 Å². The van der Waals surface area contributed by atoms with Gasteiger partial charge in [0, 0.05) is 12.1 Å². The van der Waals surface area contributed by atoms with Crippen molar-refractivity contribution in [2.24, 2.45) is 0 Å². The average Bonchev–Trinajstić information content (AvgIpc) is 3.40. The first-order chi connectivity index (χ1) is 14.2. The normalized spacial score (nSPS) is 19.3. The van der Waals surface area contributed by atoms with Crippen LogP contribution >= 0.6 is 11.8 Å². The maximum absolute atomic E-state index is 12.4. The highest BCUT2D eigenvalue weighted by Crippen LogP contribution is 2.39. The second-order valence-electron chi connectivity index (χ2n) is 7.50. The van der Waals surface area contributed by atoms with Crippen molar-refractivity contribution in [3.63, 3.8) is 0 Å². The van der Waals surface area contributed by atoms with Gasteiger partial charge in [-0.1, -0.05) is 23.8 Å². The van der Waals surface area contributed by atoms with Gasteiger partial charge in [-0.25, -0.2) is 0 Å². The molecule has 1 unspecified atom stereocenters. The average molecular weight is 411 g/mol. The lowest BCUT2D eigenvalue weighted by Crippen LogP contribution is -2.27. The van der Waals surface area contributed by atoms with E-state index in [0.29, 0.717) is 24.4 Å². The van der Waals surface area contributed by atoms with Crippen LogP contribution in [0.5, 0.6) is 0 Å². The standard InChI is InChI=1S/C23H26N2O3S/c26-21-16-29-23(25(21)15-20-7-4-14-28-20)19-10-8-18(9-11-19)22(27)24-13-12-17-5-2-1-3-6-17/h4-5,7-11,14,23H,1-3,6,12-13,15-16H2,(H,24,27). The zero-order valence-corrected chi connectivity index (χ0v) is 17.2. The fraction of sp³-hybridized carbons (Fsp3) is 0.391. The lowest BCUT2D eigenvalue weighted by molar-refractivity contribution is -0.128. The van der Waals surface area contributed by atoms with Crippen LogP contribution < -0.4 is 5.32 Å². The van der Waals surface area contributed by atoms with Crippen LogP contribution in [0.4, 0.5) is 0 Å². The molecule has 2 heterocycles. The molecule has 0 saturated carbocycles. The molecule has 1 aromatic carbocycles. The second kappa shape index (κ2) is 9.35. The number of thioether (sulfide) groups is 1. The van der Waals surface area contributed by atoms with E-state index in [-0.39, 0.29) is 17.2 Å². The van der Waals surface area contributed by atoms with Crippen LogP contribution in [0.25, 0.3) is 0 Å². The number of amides is 2. The number of benzene rings is 1. The molecule has 29 heavy (non-hydrogen) atoms. The molecule has 4 rings (SSSR count). The van der Waals surface area contributed by atoms with Gasteiger partial charge in [0.25, 0.3) is 5.91 Å². The summed E-state index contributed by atoms with van der Waals surface area (Å²) in [7, 11) is 0. The van der Waals surface area contributed by atoms with Crippen LogP contribution in [0.15, 0.2) is 58.7 Å². The van der Waals surface area contributed by atoms with Crippen molar-refractivity contribution >= 4 is 23.6 Å². The molecule has 6 heteroatoms. The van der Waals surface area contributed by atoms with Crippen LogP contribution in [-0.4, -0.2) is 29.0 Å². The van der Waals surface area contributed by atoms with E-state index < -0.39 is 0 Å². The molecule has 152 valence electrons. The van der Waals surface area contributed by atoms with Gasteiger partial charge >= 0.3 is 0 Å². The van der Waals surface area contributed by atoms with E-state index in [0.717, 1.165) is 24.2 Å². The highest BCUT2D eigenvalue weighted by Gasteiger charge is 2.33. The Labute approximate surface area is 175 Å². The smallest absolute Gasteiger partial charge is 0.251 e. The number of hydrogen-bond acceptors (Lipinski definition) is 4. The Balaban J connectivity index is 1.34. The molecule has 1 aliphatic carbocycles. The molecule has 0 spiro atoms. The summed E-state index contributed by atoms with van der Waals surface area (Å²) in [6.07, 6.45) is 9.76. The summed E-state index contributed by atoms with van der Waals surface area (Å²) in [6.45, 7) is 1.14. The number of hydrogen-bond donors (Lipinski definition) is 1. The molecule has 1 aromatic heterocycles. The Hall–Kier alpha value is -2.47. The van der Waals surface area contributed by atoms with Crippen molar-refractivity contribution in [1.82, 2.24) is 10.2 Å². The molecule has 1 atom stereocenters. The van der Waals surface area contributed by atoms with E-state index >= 15 is 0 Å². The summed E-state index contributed by atoms with van der Waals surface area (Å²) in [5.41, 5.74) is 3.14. The van der Waals surface area contributed by atoms with E-state index in [4.69, 9.17) is 4.42 Å². The largest absolute Gasteiger partial charge is 0.467 e. The SMILES string of the molecule is O=C(NCCC1=CCCCC1)c1ccc(C2SCC(=O)N2Cc2ccco2)cc1. The van der Waals surface area contributed by atoms with E-state index in [1.165, 1.54) is 24.8 Å². The molecule has 5 nitrogen and oxygen atoms in total. The zero-order valence-electron chi connectivity index (χ0n) is 16.4. The van der Waals surface area contributed by atoms with E-state index in [9.17, 15) is 9.59 Å². The lowest BCUT2D eigenvalue weighted by atomic mass is 9.97. The second-order valence-corrected chi connectivity index (χ2v) is 8.57. The Morgan fingerprint density at radius 1 is 1.21 bits per heavy atom. The first-order valence-corrected chi connectivity index (χ1v) is 11.2. The zero-order chi connectivity index (χ0) is 20.1. The van der Waals surface area contributed by atoms with Gasteiger partial charge < -0.3 is 14.6 Å². The third-order valence-corrected chi connectivity index (χ3v) is 6.71. The Bertz CT molecular complexity index is 874. The molecule has 1 aliphatic heterocycles. The fourth-order valence-electron chi connectivity index (χ4n) is 3.84. The van der Waals surface area contributed by atoms with E-state index in [2.05, 4.69) is 11.4 Å². The van der Waals surface area contributed by atoms with Crippen molar-refractivity contribution in [3.8, 4) is 0 Å². The highest BCUT2D eigenvalue weighted by molar-refractivity contribution is 8.00. The van der Waals surface area contributed by atoms with Crippen molar-refractivity contribution in [2.45, 2.75) is 44.0 Å². The summed E-state index contributed by atoms with van der Waals surface area (Å²) >= 11 is 1.61. The Morgan fingerprint density at radius 2 is 2.07 bits per heavy atom. The third kappa shape index (κ3) is 4.93. The molecule has 2 amide bonds. The van der Waals surface area contributed by atoms with Crippen LogP contribution in [0.1, 0.15) is 59.2 Å². The maximum Gasteiger partial charge on any atom is 0.251 e. The number of nitrogens with zero attached hydrogens (tertiary/aromatic N) is 1. The number of nitrogens with one attached hydrogen (secondary N) is 1. The first kappa shape index (κ1) is 19.8. The molecule has 1 fully saturated rings. The van der Waals surface area contributed by atoms with Gasteiger partial charge in [0.2, 0.25) is 5.91 Å². The highest BCUT2D eigenvalue weighted by atomic mass is 32.2. The number of rotatable bonds is 7. The van der Waals surface area contributed by atoms with Crippen molar-refractivity contribution in [1.29, 1.82) is 0 Å². The van der Waals surface area contributed by atoms with Crippen molar-refractivity contribution in [2.75, 3.05) is 12.3 Å². The fourth-order valence-corrected chi connectivity index (χ4v) is 5.03. The monoisotopic (exact) mass is 410 g/mol.